The van der Waals surface area contributed by atoms with E-state index in [9.17, 15) is 9.59 Å². The molecule has 1 aromatic rings. The highest BCUT2D eigenvalue weighted by Gasteiger charge is 2.15. The molecule has 1 fully saturated rings. The van der Waals surface area contributed by atoms with Gasteiger partial charge < -0.3 is 15.0 Å². The average molecular weight is 360 g/mol. The molecule has 2 rings (SSSR count). The summed E-state index contributed by atoms with van der Waals surface area (Å²) in [6.07, 6.45) is 5.27. The maximum atomic E-state index is 12.2. The van der Waals surface area contributed by atoms with Gasteiger partial charge in [0, 0.05) is 26.1 Å². The van der Waals surface area contributed by atoms with E-state index in [2.05, 4.69) is 31.3 Å². The number of likely N-dealkylation sites (tertiary alicyclic amines) is 1. The third-order valence-electron chi connectivity index (χ3n) is 4.76. The van der Waals surface area contributed by atoms with E-state index in [1.54, 1.807) is 0 Å². The smallest absolute Gasteiger partial charge is 0.224 e. The number of amides is 2. The van der Waals surface area contributed by atoms with Gasteiger partial charge in [0.05, 0.1) is 13.0 Å². The van der Waals surface area contributed by atoms with Crippen molar-refractivity contribution in [3.8, 4) is 5.75 Å². The number of ether oxygens (including phenoxy) is 1. The summed E-state index contributed by atoms with van der Waals surface area (Å²) >= 11 is 0. The molecule has 26 heavy (non-hydrogen) atoms. The molecule has 0 aromatic heterocycles. The van der Waals surface area contributed by atoms with Crippen LogP contribution in [0.4, 0.5) is 0 Å². The molecule has 1 heterocycles. The van der Waals surface area contributed by atoms with E-state index in [1.807, 2.05) is 17.0 Å². The Hall–Kier alpha value is -2.04. The van der Waals surface area contributed by atoms with Gasteiger partial charge in [-0.3, -0.25) is 9.59 Å². The van der Waals surface area contributed by atoms with Gasteiger partial charge in [0.1, 0.15) is 5.75 Å². The summed E-state index contributed by atoms with van der Waals surface area (Å²) in [7, 11) is 0. The molecule has 0 unspecified atom stereocenters. The van der Waals surface area contributed by atoms with Crippen molar-refractivity contribution in [3.63, 3.8) is 0 Å². The van der Waals surface area contributed by atoms with Crippen LogP contribution < -0.4 is 10.1 Å². The normalized spacial score (nSPS) is 14.8. The first-order valence-electron chi connectivity index (χ1n) is 9.83. The zero-order valence-corrected chi connectivity index (χ0v) is 16.1. The highest BCUT2D eigenvalue weighted by atomic mass is 16.5. The molecule has 1 aliphatic rings. The summed E-state index contributed by atoms with van der Waals surface area (Å²) in [5.41, 5.74) is 1.27. The summed E-state index contributed by atoms with van der Waals surface area (Å²) in [6.45, 7) is 6.76. The lowest BCUT2D eigenvalue weighted by Crippen LogP contribution is -2.35. The van der Waals surface area contributed by atoms with Gasteiger partial charge in [-0.1, -0.05) is 38.8 Å². The topological polar surface area (TPSA) is 58.6 Å². The molecular weight excluding hydrogens is 328 g/mol. The molecule has 0 atom stereocenters. The molecule has 1 aliphatic heterocycles. The number of benzene rings is 1. The summed E-state index contributed by atoms with van der Waals surface area (Å²) in [6, 6.07) is 7.98. The highest BCUT2D eigenvalue weighted by molar-refractivity contribution is 5.79. The van der Waals surface area contributed by atoms with Crippen LogP contribution in [-0.2, 0) is 9.59 Å². The van der Waals surface area contributed by atoms with Crippen molar-refractivity contribution in [2.75, 3.05) is 26.2 Å². The quantitative estimate of drug-likeness (QED) is 0.772. The number of nitrogens with zero attached hydrogens (tertiary/aromatic N) is 1. The van der Waals surface area contributed by atoms with Crippen LogP contribution in [0.1, 0.15) is 63.9 Å². The van der Waals surface area contributed by atoms with Crippen molar-refractivity contribution in [1.82, 2.24) is 10.2 Å². The zero-order chi connectivity index (χ0) is 18.8. The van der Waals surface area contributed by atoms with Crippen LogP contribution in [0.25, 0.3) is 0 Å². The number of hydrogen-bond donors (Lipinski definition) is 1. The zero-order valence-electron chi connectivity index (χ0n) is 16.1. The van der Waals surface area contributed by atoms with Gasteiger partial charge in [0.15, 0.2) is 0 Å². The van der Waals surface area contributed by atoms with Crippen LogP contribution in [-0.4, -0.2) is 43.0 Å². The van der Waals surface area contributed by atoms with Crippen molar-refractivity contribution in [2.45, 2.75) is 58.3 Å². The minimum Gasteiger partial charge on any atom is -0.493 e. The van der Waals surface area contributed by atoms with Gasteiger partial charge in [-0.25, -0.2) is 0 Å². The third kappa shape index (κ3) is 7.06. The molecule has 5 heteroatoms. The molecule has 2 amide bonds. The number of carbonyl (C=O) groups is 2. The van der Waals surface area contributed by atoms with Crippen molar-refractivity contribution < 1.29 is 14.3 Å². The molecule has 144 valence electrons. The molecular formula is C21H32N2O3. The van der Waals surface area contributed by atoms with Crippen LogP contribution >= 0.6 is 0 Å². The van der Waals surface area contributed by atoms with Gasteiger partial charge in [-0.05, 0) is 36.5 Å². The van der Waals surface area contributed by atoms with E-state index in [1.165, 1.54) is 18.4 Å². The van der Waals surface area contributed by atoms with Crippen LogP contribution in [0, 0.1) is 0 Å². The fourth-order valence-electron chi connectivity index (χ4n) is 3.09. The molecule has 0 spiro atoms. The van der Waals surface area contributed by atoms with Crippen molar-refractivity contribution in [3.05, 3.63) is 29.8 Å². The lowest BCUT2D eigenvalue weighted by atomic mass is 10.0. The SMILES string of the molecule is CC(C)c1ccc(OCCC(=O)NCCC(=O)N2CCCCCC2)cc1. The highest BCUT2D eigenvalue weighted by Crippen LogP contribution is 2.18. The van der Waals surface area contributed by atoms with Gasteiger partial charge in [0.2, 0.25) is 11.8 Å². The second-order valence-electron chi connectivity index (χ2n) is 7.22. The molecule has 0 bridgehead atoms. The second kappa shape index (κ2) is 10.8. The summed E-state index contributed by atoms with van der Waals surface area (Å²) < 4.78 is 5.61. The predicted molar refractivity (Wildman–Crippen MR) is 103 cm³/mol. The Labute approximate surface area is 157 Å². The lowest BCUT2D eigenvalue weighted by Gasteiger charge is -2.20. The lowest BCUT2D eigenvalue weighted by molar-refractivity contribution is -0.131. The Bertz CT molecular complexity index is 561. The Morgan fingerprint density at radius 3 is 2.31 bits per heavy atom. The van der Waals surface area contributed by atoms with Gasteiger partial charge in [-0.2, -0.15) is 0 Å². The minimum atomic E-state index is -0.0764. The minimum absolute atomic E-state index is 0.0764. The van der Waals surface area contributed by atoms with E-state index in [0.717, 1.165) is 31.7 Å². The van der Waals surface area contributed by atoms with E-state index < -0.39 is 0 Å². The van der Waals surface area contributed by atoms with Crippen molar-refractivity contribution >= 4 is 11.8 Å². The Morgan fingerprint density at radius 2 is 1.69 bits per heavy atom. The first-order valence-corrected chi connectivity index (χ1v) is 9.83. The van der Waals surface area contributed by atoms with Crippen molar-refractivity contribution in [2.24, 2.45) is 0 Å². The maximum Gasteiger partial charge on any atom is 0.224 e. The Balaban J connectivity index is 1.59. The van der Waals surface area contributed by atoms with Gasteiger partial charge in [0.25, 0.3) is 0 Å². The van der Waals surface area contributed by atoms with E-state index in [0.29, 0.717) is 31.9 Å². The molecule has 0 saturated carbocycles. The molecule has 0 radical (unpaired) electrons. The van der Waals surface area contributed by atoms with Crippen LogP contribution in [0.15, 0.2) is 24.3 Å². The molecule has 1 N–H and O–H groups in total. The number of carbonyl (C=O) groups excluding carboxylic acids is 2. The van der Waals surface area contributed by atoms with E-state index in [4.69, 9.17) is 4.74 Å². The largest absolute Gasteiger partial charge is 0.493 e. The summed E-state index contributed by atoms with van der Waals surface area (Å²) in [5, 5.41) is 2.81. The second-order valence-corrected chi connectivity index (χ2v) is 7.22. The number of rotatable bonds is 8. The molecule has 1 aromatic carbocycles. The van der Waals surface area contributed by atoms with Crippen molar-refractivity contribution in [1.29, 1.82) is 0 Å². The fraction of sp³-hybridized carbons (Fsp3) is 0.619. The number of nitrogens with one attached hydrogen (secondary N) is 1. The molecule has 5 nitrogen and oxygen atoms in total. The maximum absolute atomic E-state index is 12.2. The Kier molecular flexibility index (Phi) is 8.45. The summed E-state index contributed by atoms with van der Waals surface area (Å²) in [5.74, 6) is 1.34. The first-order chi connectivity index (χ1) is 12.6. The number of hydrogen-bond acceptors (Lipinski definition) is 3. The van der Waals surface area contributed by atoms with Gasteiger partial charge >= 0.3 is 0 Å². The van der Waals surface area contributed by atoms with Crippen LogP contribution in [0.5, 0.6) is 5.75 Å². The monoisotopic (exact) mass is 360 g/mol. The molecule has 0 aliphatic carbocycles. The third-order valence-corrected chi connectivity index (χ3v) is 4.76. The van der Waals surface area contributed by atoms with Crippen LogP contribution in [0.3, 0.4) is 0 Å². The summed E-state index contributed by atoms with van der Waals surface area (Å²) in [4.78, 5) is 26.0. The Morgan fingerprint density at radius 1 is 1.04 bits per heavy atom. The van der Waals surface area contributed by atoms with Crippen LogP contribution in [0.2, 0.25) is 0 Å². The average Bonchev–Trinajstić information content (AvgIpc) is 2.91. The predicted octanol–water partition coefficient (Wildman–Crippen LogP) is 3.49. The first kappa shape index (κ1) is 20.3. The van der Waals surface area contributed by atoms with E-state index in [-0.39, 0.29) is 11.8 Å². The standard InChI is InChI=1S/C21H32N2O3/c1-17(2)18-7-9-19(10-8-18)26-16-12-20(24)22-13-11-21(25)23-14-5-3-4-6-15-23/h7-10,17H,3-6,11-16H2,1-2H3,(H,22,24). The van der Waals surface area contributed by atoms with E-state index >= 15 is 0 Å². The fourth-order valence-corrected chi connectivity index (χ4v) is 3.09. The van der Waals surface area contributed by atoms with Gasteiger partial charge in [-0.15, -0.1) is 0 Å². The molecule has 1 saturated heterocycles.